The second-order valence-corrected chi connectivity index (χ2v) is 5.77. The molecule has 2 aromatic carbocycles. The van der Waals surface area contributed by atoms with E-state index in [1.54, 1.807) is 4.90 Å². The van der Waals surface area contributed by atoms with Gasteiger partial charge in [0.2, 0.25) is 0 Å². The van der Waals surface area contributed by atoms with Crippen molar-refractivity contribution >= 4 is 27.5 Å². The van der Waals surface area contributed by atoms with E-state index >= 15 is 0 Å². The summed E-state index contributed by atoms with van der Waals surface area (Å²) >= 11 is 3.41. The van der Waals surface area contributed by atoms with Gasteiger partial charge in [-0.15, -0.1) is 0 Å². The quantitative estimate of drug-likeness (QED) is 0.808. The van der Waals surface area contributed by atoms with Crippen molar-refractivity contribution in [3.05, 3.63) is 59.1 Å². The van der Waals surface area contributed by atoms with Crippen molar-refractivity contribution in [1.82, 2.24) is 0 Å². The molecule has 0 aromatic heterocycles. The highest BCUT2D eigenvalue weighted by molar-refractivity contribution is 9.10. The number of ether oxygens (including phenoxy) is 1. The van der Waals surface area contributed by atoms with E-state index in [4.69, 9.17) is 4.74 Å². The van der Waals surface area contributed by atoms with Gasteiger partial charge in [0.05, 0.1) is 4.47 Å². The summed E-state index contributed by atoms with van der Waals surface area (Å²) in [6.07, 6.45) is 0. The van der Waals surface area contributed by atoms with Crippen LogP contribution in [0.5, 0.6) is 5.75 Å². The predicted octanol–water partition coefficient (Wildman–Crippen LogP) is 4.27. The van der Waals surface area contributed by atoms with Gasteiger partial charge in [-0.1, -0.05) is 30.3 Å². The summed E-state index contributed by atoms with van der Waals surface area (Å²) in [5.41, 5.74) is 0.883. The van der Waals surface area contributed by atoms with E-state index in [-0.39, 0.29) is 18.6 Å². The Balaban J connectivity index is 2.08. The summed E-state index contributed by atoms with van der Waals surface area (Å²) in [5.74, 6) is 0.606. The second-order valence-electron chi connectivity index (χ2n) is 4.91. The van der Waals surface area contributed by atoms with Gasteiger partial charge in [-0.05, 0) is 54.0 Å². The van der Waals surface area contributed by atoms with Gasteiger partial charge in [-0.3, -0.25) is 4.79 Å². The first-order valence-electron chi connectivity index (χ1n) is 6.84. The number of nitrogens with zero attached hydrogens (tertiary/aromatic N) is 1. The van der Waals surface area contributed by atoms with E-state index < -0.39 is 0 Å². The van der Waals surface area contributed by atoms with Crippen LogP contribution >= 0.6 is 15.9 Å². The number of halogens is 1. The molecule has 0 aliphatic carbocycles. The van der Waals surface area contributed by atoms with E-state index in [0.29, 0.717) is 5.75 Å². The normalized spacial score (nSPS) is 10.5. The number of hydrogen-bond donors (Lipinski definition) is 0. The molecule has 4 heteroatoms. The molecule has 3 nitrogen and oxygen atoms in total. The summed E-state index contributed by atoms with van der Waals surface area (Å²) in [6, 6.07) is 17.2. The molecule has 21 heavy (non-hydrogen) atoms. The van der Waals surface area contributed by atoms with Crippen molar-refractivity contribution < 1.29 is 9.53 Å². The van der Waals surface area contributed by atoms with E-state index in [1.807, 2.05) is 68.4 Å². The number of amides is 1. The first-order chi connectivity index (χ1) is 10.1. The third-order valence-corrected chi connectivity index (χ3v) is 3.66. The summed E-state index contributed by atoms with van der Waals surface area (Å²) in [6.45, 7) is 3.99. The predicted molar refractivity (Wildman–Crippen MR) is 88.7 cm³/mol. The second kappa shape index (κ2) is 7.27. The van der Waals surface area contributed by atoms with Crippen LogP contribution in [-0.4, -0.2) is 18.6 Å². The molecule has 2 rings (SSSR count). The first kappa shape index (κ1) is 15.6. The van der Waals surface area contributed by atoms with Crippen LogP contribution in [0.2, 0.25) is 0 Å². The highest BCUT2D eigenvalue weighted by atomic mass is 79.9. The van der Waals surface area contributed by atoms with Crippen molar-refractivity contribution in [1.29, 1.82) is 0 Å². The monoisotopic (exact) mass is 347 g/mol. The molecule has 0 atom stereocenters. The Bertz CT molecular complexity index is 599. The first-order valence-corrected chi connectivity index (χ1v) is 7.63. The van der Waals surface area contributed by atoms with E-state index in [2.05, 4.69) is 15.9 Å². The molecule has 1 amide bonds. The zero-order valence-corrected chi connectivity index (χ0v) is 13.7. The van der Waals surface area contributed by atoms with Crippen LogP contribution in [0, 0.1) is 0 Å². The molecular formula is C17H18BrNO2. The maximum Gasteiger partial charge on any atom is 0.265 e. The minimum absolute atomic E-state index is 0.00961. The SMILES string of the molecule is CC(C)N(C(=O)COc1ccccc1Br)c1ccccc1. The van der Waals surface area contributed by atoms with Crippen molar-refractivity contribution in [2.45, 2.75) is 19.9 Å². The van der Waals surface area contributed by atoms with Crippen molar-refractivity contribution in [3.63, 3.8) is 0 Å². The largest absolute Gasteiger partial charge is 0.483 e. The molecule has 0 fully saturated rings. The van der Waals surface area contributed by atoms with Gasteiger partial charge in [-0.2, -0.15) is 0 Å². The summed E-state index contributed by atoms with van der Waals surface area (Å²) in [4.78, 5) is 14.2. The van der Waals surface area contributed by atoms with E-state index in [9.17, 15) is 4.79 Å². The highest BCUT2D eigenvalue weighted by Gasteiger charge is 2.19. The third kappa shape index (κ3) is 4.08. The summed E-state index contributed by atoms with van der Waals surface area (Å²) < 4.78 is 6.45. The van der Waals surface area contributed by atoms with Crippen LogP contribution in [0.4, 0.5) is 5.69 Å². The standard InChI is InChI=1S/C17H18BrNO2/c1-13(2)19(14-8-4-3-5-9-14)17(20)12-21-16-11-7-6-10-15(16)18/h3-11,13H,12H2,1-2H3. The molecular weight excluding hydrogens is 330 g/mol. The maximum atomic E-state index is 12.5. The molecule has 0 aliphatic heterocycles. The average Bonchev–Trinajstić information content (AvgIpc) is 2.47. The average molecular weight is 348 g/mol. The molecule has 0 bridgehead atoms. The lowest BCUT2D eigenvalue weighted by atomic mass is 10.2. The fourth-order valence-electron chi connectivity index (χ4n) is 2.09. The van der Waals surface area contributed by atoms with Crippen molar-refractivity contribution in [3.8, 4) is 5.75 Å². The third-order valence-electron chi connectivity index (χ3n) is 3.01. The highest BCUT2D eigenvalue weighted by Crippen LogP contribution is 2.24. The topological polar surface area (TPSA) is 29.5 Å². The van der Waals surface area contributed by atoms with E-state index in [1.165, 1.54) is 0 Å². The Morgan fingerprint density at radius 2 is 1.71 bits per heavy atom. The van der Waals surface area contributed by atoms with Gasteiger partial charge in [0.15, 0.2) is 6.61 Å². The number of rotatable bonds is 5. The molecule has 2 aromatic rings. The Hall–Kier alpha value is -1.81. The van der Waals surface area contributed by atoms with Gasteiger partial charge >= 0.3 is 0 Å². The zero-order valence-electron chi connectivity index (χ0n) is 12.1. The molecule has 0 radical (unpaired) electrons. The van der Waals surface area contributed by atoms with Crippen LogP contribution in [0.3, 0.4) is 0 Å². The molecule has 0 N–H and O–H groups in total. The molecule has 0 heterocycles. The van der Waals surface area contributed by atoms with Crippen LogP contribution in [0.25, 0.3) is 0 Å². The summed E-state index contributed by atoms with van der Waals surface area (Å²) in [5, 5.41) is 0. The number of anilines is 1. The number of carbonyl (C=O) groups excluding carboxylic acids is 1. The van der Waals surface area contributed by atoms with Gasteiger partial charge < -0.3 is 9.64 Å². The number of carbonyl (C=O) groups is 1. The molecule has 110 valence electrons. The van der Waals surface area contributed by atoms with Gasteiger partial charge in [-0.25, -0.2) is 0 Å². The Labute approximate surface area is 133 Å². The number of hydrogen-bond acceptors (Lipinski definition) is 2. The number of benzene rings is 2. The van der Waals surface area contributed by atoms with Gasteiger partial charge in [0, 0.05) is 11.7 Å². The van der Waals surface area contributed by atoms with Crippen LogP contribution in [0.1, 0.15) is 13.8 Å². The molecule has 0 saturated heterocycles. The lowest BCUT2D eigenvalue weighted by Gasteiger charge is -2.27. The number of para-hydroxylation sites is 2. The fourth-order valence-corrected chi connectivity index (χ4v) is 2.49. The summed E-state index contributed by atoms with van der Waals surface area (Å²) in [7, 11) is 0. The molecule has 0 spiro atoms. The molecule has 0 saturated carbocycles. The lowest BCUT2D eigenvalue weighted by molar-refractivity contribution is -0.120. The maximum absolute atomic E-state index is 12.5. The van der Waals surface area contributed by atoms with Gasteiger partial charge in [0.1, 0.15) is 5.75 Å². The van der Waals surface area contributed by atoms with Gasteiger partial charge in [0.25, 0.3) is 5.91 Å². The van der Waals surface area contributed by atoms with E-state index in [0.717, 1.165) is 10.2 Å². The smallest absolute Gasteiger partial charge is 0.265 e. The van der Waals surface area contributed by atoms with Crippen LogP contribution in [0.15, 0.2) is 59.1 Å². The lowest BCUT2D eigenvalue weighted by Crippen LogP contribution is -2.40. The Kier molecular flexibility index (Phi) is 5.39. The zero-order chi connectivity index (χ0) is 15.2. The fraction of sp³-hybridized carbons (Fsp3) is 0.235. The minimum Gasteiger partial charge on any atom is -0.483 e. The van der Waals surface area contributed by atoms with Crippen molar-refractivity contribution in [2.24, 2.45) is 0 Å². The van der Waals surface area contributed by atoms with Crippen molar-refractivity contribution in [2.75, 3.05) is 11.5 Å². The molecule has 0 unspecified atom stereocenters. The molecule has 0 aliphatic rings. The Morgan fingerprint density at radius 3 is 2.33 bits per heavy atom. The van der Waals surface area contributed by atoms with Crippen LogP contribution in [-0.2, 0) is 4.79 Å². The minimum atomic E-state index is -0.0630. The van der Waals surface area contributed by atoms with Crippen LogP contribution < -0.4 is 9.64 Å². The Morgan fingerprint density at radius 1 is 1.10 bits per heavy atom.